The molecule has 0 aromatic heterocycles. The Morgan fingerprint density at radius 2 is 1.94 bits per heavy atom. The van der Waals surface area contributed by atoms with Crippen LogP contribution >= 0.6 is 0 Å². The fourth-order valence-corrected chi connectivity index (χ4v) is 1.41. The van der Waals surface area contributed by atoms with Crippen molar-refractivity contribution in [1.82, 2.24) is 5.32 Å². The van der Waals surface area contributed by atoms with Crippen LogP contribution in [0.15, 0.2) is 24.3 Å². The predicted molar refractivity (Wildman–Crippen MR) is 65.2 cm³/mol. The van der Waals surface area contributed by atoms with E-state index in [1.165, 1.54) is 5.56 Å². The largest absolute Gasteiger partial charge is 0.399 e. The lowest BCUT2D eigenvalue weighted by Gasteiger charge is -2.15. The molecule has 0 fully saturated rings. The molecule has 0 radical (unpaired) electrons. The fraction of sp³-hybridized carbons (Fsp3) is 0.500. The van der Waals surface area contributed by atoms with Crippen LogP contribution < -0.4 is 11.1 Å². The molecule has 1 rings (SSSR count). The Morgan fingerprint density at radius 3 is 2.50 bits per heavy atom. The molecule has 0 spiro atoms. The average Bonchev–Trinajstić information content (AvgIpc) is 2.30. The van der Waals surface area contributed by atoms with Gasteiger partial charge in [-0.3, -0.25) is 0 Å². The predicted octanol–water partition coefficient (Wildman–Crippen LogP) is 1.02. The van der Waals surface area contributed by atoms with E-state index in [2.05, 4.69) is 5.32 Å². The second-order valence-corrected chi connectivity index (χ2v) is 3.69. The van der Waals surface area contributed by atoms with E-state index in [-0.39, 0.29) is 6.10 Å². The Kier molecular flexibility index (Phi) is 5.85. The molecule has 0 saturated carbocycles. The van der Waals surface area contributed by atoms with Gasteiger partial charge in [0.05, 0.1) is 12.7 Å². The molecule has 0 amide bonds. The molecular formula is C12H20N2O2. The van der Waals surface area contributed by atoms with Gasteiger partial charge in [0, 0.05) is 33.0 Å². The SMILES string of the molecule is COCC(CNCc1ccc(N)cc1)OC. The highest BCUT2D eigenvalue weighted by atomic mass is 16.5. The first-order valence-electron chi connectivity index (χ1n) is 5.33. The number of nitrogens with one attached hydrogen (secondary N) is 1. The molecule has 1 aromatic carbocycles. The second-order valence-electron chi connectivity index (χ2n) is 3.69. The van der Waals surface area contributed by atoms with Gasteiger partial charge in [-0.15, -0.1) is 0 Å². The Bertz CT molecular complexity index is 288. The number of benzene rings is 1. The van der Waals surface area contributed by atoms with Crippen LogP contribution in [-0.2, 0) is 16.0 Å². The monoisotopic (exact) mass is 224 g/mol. The molecule has 0 aliphatic rings. The van der Waals surface area contributed by atoms with Crippen LogP contribution in [0.25, 0.3) is 0 Å². The van der Waals surface area contributed by atoms with Gasteiger partial charge in [-0.1, -0.05) is 12.1 Å². The van der Waals surface area contributed by atoms with Crippen molar-refractivity contribution in [3.05, 3.63) is 29.8 Å². The Hall–Kier alpha value is -1.10. The molecule has 0 saturated heterocycles. The van der Waals surface area contributed by atoms with Gasteiger partial charge in [-0.25, -0.2) is 0 Å². The highest BCUT2D eigenvalue weighted by Crippen LogP contribution is 2.04. The first-order valence-corrected chi connectivity index (χ1v) is 5.33. The van der Waals surface area contributed by atoms with Crippen LogP contribution in [0, 0.1) is 0 Å². The lowest BCUT2D eigenvalue weighted by Crippen LogP contribution is -2.31. The molecular weight excluding hydrogens is 204 g/mol. The van der Waals surface area contributed by atoms with Crippen LogP contribution in [0.3, 0.4) is 0 Å². The second kappa shape index (κ2) is 7.22. The molecule has 16 heavy (non-hydrogen) atoms. The third kappa shape index (κ3) is 4.61. The van der Waals surface area contributed by atoms with Gasteiger partial charge in [-0.2, -0.15) is 0 Å². The smallest absolute Gasteiger partial charge is 0.0928 e. The quantitative estimate of drug-likeness (QED) is 0.679. The van der Waals surface area contributed by atoms with Crippen molar-refractivity contribution < 1.29 is 9.47 Å². The van der Waals surface area contributed by atoms with Crippen molar-refractivity contribution in [2.24, 2.45) is 0 Å². The molecule has 0 aliphatic heterocycles. The van der Waals surface area contributed by atoms with Crippen LogP contribution in [0.5, 0.6) is 0 Å². The molecule has 90 valence electrons. The van der Waals surface area contributed by atoms with Crippen molar-refractivity contribution in [2.45, 2.75) is 12.6 Å². The minimum Gasteiger partial charge on any atom is -0.399 e. The highest BCUT2D eigenvalue weighted by Gasteiger charge is 2.05. The third-order valence-electron chi connectivity index (χ3n) is 2.37. The third-order valence-corrected chi connectivity index (χ3v) is 2.37. The molecule has 4 heteroatoms. The molecule has 0 heterocycles. The van der Waals surface area contributed by atoms with Crippen LogP contribution in [-0.4, -0.2) is 33.5 Å². The maximum absolute atomic E-state index is 5.61. The summed E-state index contributed by atoms with van der Waals surface area (Å²) in [6, 6.07) is 7.83. The molecule has 1 atom stereocenters. The molecule has 1 aromatic rings. The van der Waals surface area contributed by atoms with Gasteiger partial charge in [0.25, 0.3) is 0 Å². The summed E-state index contributed by atoms with van der Waals surface area (Å²) in [5.74, 6) is 0. The number of hydrogen-bond donors (Lipinski definition) is 2. The lowest BCUT2D eigenvalue weighted by molar-refractivity contribution is 0.0288. The van der Waals surface area contributed by atoms with Crippen LogP contribution in [0.2, 0.25) is 0 Å². The van der Waals surface area contributed by atoms with Gasteiger partial charge >= 0.3 is 0 Å². The summed E-state index contributed by atoms with van der Waals surface area (Å²) >= 11 is 0. The zero-order chi connectivity index (χ0) is 11.8. The minimum atomic E-state index is 0.0961. The average molecular weight is 224 g/mol. The summed E-state index contributed by atoms with van der Waals surface area (Å²) < 4.78 is 10.3. The van der Waals surface area contributed by atoms with E-state index in [9.17, 15) is 0 Å². The maximum Gasteiger partial charge on any atom is 0.0928 e. The van der Waals surface area contributed by atoms with E-state index in [0.29, 0.717) is 6.61 Å². The molecule has 0 aliphatic carbocycles. The highest BCUT2D eigenvalue weighted by molar-refractivity contribution is 5.39. The van der Waals surface area contributed by atoms with Crippen molar-refractivity contribution in [1.29, 1.82) is 0 Å². The molecule has 3 N–H and O–H groups in total. The van der Waals surface area contributed by atoms with Crippen molar-refractivity contribution in [2.75, 3.05) is 33.1 Å². The van der Waals surface area contributed by atoms with E-state index in [0.717, 1.165) is 18.8 Å². The van der Waals surface area contributed by atoms with Gasteiger partial charge in [0.15, 0.2) is 0 Å². The Balaban J connectivity index is 2.26. The lowest BCUT2D eigenvalue weighted by atomic mass is 10.2. The molecule has 1 unspecified atom stereocenters. The number of ether oxygens (including phenoxy) is 2. The minimum absolute atomic E-state index is 0.0961. The van der Waals surface area contributed by atoms with E-state index in [4.69, 9.17) is 15.2 Å². The van der Waals surface area contributed by atoms with E-state index in [1.54, 1.807) is 14.2 Å². The number of methoxy groups -OCH3 is 2. The number of rotatable bonds is 7. The zero-order valence-electron chi connectivity index (χ0n) is 9.90. The van der Waals surface area contributed by atoms with Crippen molar-refractivity contribution in [3.63, 3.8) is 0 Å². The Morgan fingerprint density at radius 1 is 1.25 bits per heavy atom. The first kappa shape index (κ1) is 13.0. The van der Waals surface area contributed by atoms with Crippen LogP contribution in [0.1, 0.15) is 5.56 Å². The molecule has 0 bridgehead atoms. The maximum atomic E-state index is 5.61. The van der Waals surface area contributed by atoms with Crippen LogP contribution in [0.4, 0.5) is 5.69 Å². The van der Waals surface area contributed by atoms with Gasteiger partial charge < -0.3 is 20.5 Å². The molecule has 4 nitrogen and oxygen atoms in total. The van der Waals surface area contributed by atoms with Crippen molar-refractivity contribution >= 4 is 5.69 Å². The summed E-state index contributed by atoms with van der Waals surface area (Å²) in [4.78, 5) is 0. The van der Waals surface area contributed by atoms with Gasteiger partial charge in [0.2, 0.25) is 0 Å². The summed E-state index contributed by atoms with van der Waals surface area (Å²) in [5, 5.41) is 3.31. The number of hydrogen-bond acceptors (Lipinski definition) is 4. The van der Waals surface area contributed by atoms with E-state index < -0.39 is 0 Å². The number of nitrogens with two attached hydrogens (primary N) is 1. The van der Waals surface area contributed by atoms with Crippen molar-refractivity contribution in [3.8, 4) is 0 Å². The number of nitrogen functional groups attached to an aromatic ring is 1. The van der Waals surface area contributed by atoms with E-state index >= 15 is 0 Å². The summed E-state index contributed by atoms with van der Waals surface area (Å²) in [5.41, 5.74) is 7.61. The standard InChI is InChI=1S/C12H20N2O2/c1-15-9-12(16-2)8-14-7-10-3-5-11(13)6-4-10/h3-6,12,14H,7-9,13H2,1-2H3. The first-order chi connectivity index (χ1) is 7.76. The fourth-order valence-electron chi connectivity index (χ4n) is 1.41. The van der Waals surface area contributed by atoms with Gasteiger partial charge in [0.1, 0.15) is 0 Å². The normalized spacial score (nSPS) is 12.6. The number of anilines is 1. The summed E-state index contributed by atoms with van der Waals surface area (Å²) in [6.45, 7) is 2.18. The van der Waals surface area contributed by atoms with E-state index in [1.807, 2.05) is 24.3 Å². The van der Waals surface area contributed by atoms with Gasteiger partial charge in [-0.05, 0) is 17.7 Å². The zero-order valence-corrected chi connectivity index (χ0v) is 9.90. The topological polar surface area (TPSA) is 56.5 Å². The summed E-state index contributed by atoms with van der Waals surface area (Å²) in [6.07, 6.45) is 0.0961. The summed E-state index contributed by atoms with van der Waals surface area (Å²) in [7, 11) is 3.36. The Labute approximate surface area is 96.7 Å².